The van der Waals surface area contributed by atoms with Crippen LogP contribution in [0.3, 0.4) is 0 Å². The van der Waals surface area contributed by atoms with Gasteiger partial charge in [0.1, 0.15) is 0 Å². The van der Waals surface area contributed by atoms with Crippen molar-refractivity contribution in [1.82, 2.24) is 4.90 Å². The van der Waals surface area contributed by atoms with Crippen LogP contribution in [0.4, 0.5) is 0 Å². The minimum Gasteiger partial charge on any atom is -0.378 e. The molecule has 0 spiro atoms. The molecule has 19 heavy (non-hydrogen) atoms. The van der Waals surface area contributed by atoms with Gasteiger partial charge in [0.2, 0.25) is 0 Å². The van der Waals surface area contributed by atoms with Crippen molar-refractivity contribution in [3.63, 3.8) is 0 Å². The van der Waals surface area contributed by atoms with E-state index in [1.807, 2.05) is 0 Å². The summed E-state index contributed by atoms with van der Waals surface area (Å²) in [5.41, 5.74) is 1.41. The molecule has 1 aliphatic rings. The minimum absolute atomic E-state index is 0.479. The van der Waals surface area contributed by atoms with Crippen molar-refractivity contribution in [2.24, 2.45) is 0 Å². The summed E-state index contributed by atoms with van der Waals surface area (Å²) in [7, 11) is 0. The average molecular weight is 279 g/mol. The van der Waals surface area contributed by atoms with Gasteiger partial charge >= 0.3 is 0 Å². The normalized spacial score (nSPS) is 19.5. The standard InChI is InChI=1S/C16H25NOS/c1-2-18-16-8-10-17(11-9-16)12-15(13-19)14-6-4-3-5-7-14/h3-7,15-16,19H,2,8-13H2,1H3. The molecule has 1 fully saturated rings. The maximum Gasteiger partial charge on any atom is 0.0599 e. The summed E-state index contributed by atoms with van der Waals surface area (Å²) in [6.07, 6.45) is 2.82. The first-order valence-corrected chi connectivity index (χ1v) is 7.96. The van der Waals surface area contributed by atoms with E-state index < -0.39 is 0 Å². The number of hydrogen-bond acceptors (Lipinski definition) is 3. The Kier molecular flexibility index (Phi) is 6.21. The molecule has 2 rings (SSSR count). The second-order valence-electron chi connectivity index (χ2n) is 5.25. The Balaban J connectivity index is 1.84. The van der Waals surface area contributed by atoms with E-state index in [1.54, 1.807) is 0 Å². The summed E-state index contributed by atoms with van der Waals surface area (Å²) >= 11 is 4.53. The van der Waals surface area contributed by atoms with Crippen molar-refractivity contribution in [2.45, 2.75) is 31.8 Å². The van der Waals surface area contributed by atoms with Gasteiger partial charge in [0, 0.05) is 32.2 Å². The number of ether oxygens (including phenoxy) is 1. The smallest absolute Gasteiger partial charge is 0.0599 e. The molecule has 1 aromatic rings. The van der Waals surface area contributed by atoms with Crippen LogP contribution in [0.25, 0.3) is 0 Å². The Labute approximate surface area is 122 Å². The monoisotopic (exact) mass is 279 g/mol. The quantitative estimate of drug-likeness (QED) is 0.803. The fourth-order valence-corrected chi connectivity index (χ4v) is 3.13. The second kappa shape index (κ2) is 7.93. The van der Waals surface area contributed by atoms with Crippen LogP contribution >= 0.6 is 12.6 Å². The molecule has 0 N–H and O–H groups in total. The Bertz CT molecular complexity index is 349. The lowest BCUT2D eigenvalue weighted by molar-refractivity contribution is 0.0134. The number of likely N-dealkylation sites (tertiary alicyclic amines) is 1. The van der Waals surface area contributed by atoms with Gasteiger partial charge in [-0.2, -0.15) is 12.6 Å². The fourth-order valence-electron chi connectivity index (χ4n) is 2.80. The summed E-state index contributed by atoms with van der Waals surface area (Å²) in [5, 5.41) is 0. The van der Waals surface area contributed by atoms with Crippen LogP contribution in [-0.4, -0.2) is 43.0 Å². The molecule has 1 heterocycles. The van der Waals surface area contributed by atoms with Crippen LogP contribution in [0.5, 0.6) is 0 Å². The summed E-state index contributed by atoms with van der Waals surface area (Å²) < 4.78 is 5.71. The van der Waals surface area contributed by atoms with E-state index in [9.17, 15) is 0 Å². The summed E-state index contributed by atoms with van der Waals surface area (Å²) in [6.45, 7) is 6.35. The highest BCUT2D eigenvalue weighted by Gasteiger charge is 2.21. The van der Waals surface area contributed by atoms with Crippen molar-refractivity contribution < 1.29 is 4.74 Å². The minimum atomic E-state index is 0.479. The van der Waals surface area contributed by atoms with Gasteiger partial charge in [-0.25, -0.2) is 0 Å². The van der Waals surface area contributed by atoms with E-state index in [0.29, 0.717) is 12.0 Å². The number of rotatable bonds is 6. The van der Waals surface area contributed by atoms with E-state index >= 15 is 0 Å². The molecule has 1 aromatic carbocycles. The predicted molar refractivity (Wildman–Crippen MR) is 84.1 cm³/mol. The maximum absolute atomic E-state index is 5.71. The zero-order valence-electron chi connectivity index (χ0n) is 11.8. The number of benzene rings is 1. The first kappa shape index (κ1) is 14.9. The van der Waals surface area contributed by atoms with Crippen molar-refractivity contribution in [3.8, 4) is 0 Å². The lowest BCUT2D eigenvalue weighted by Gasteiger charge is -2.34. The van der Waals surface area contributed by atoms with E-state index in [-0.39, 0.29) is 0 Å². The molecular formula is C16H25NOS. The summed E-state index contributed by atoms with van der Waals surface area (Å²) in [4.78, 5) is 2.56. The predicted octanol–water partition coefficient (Wildman–Crippen LogP) is 3.20. The number of nitrogens with zero attached hydrogens (tertiary/aromatic N) is 1. The van der Waals surface area contributed by atoms with Crippen LogP contribution in [0, 0.1) is 0 Å². The third kappa shape index (κ3) is 4.51. The third-order valence-corrected chi connectivity index (χ3v) is 4.35. The van der Waals surface area contributed by atoms with E-state index in [2.05, 4.69) is 54.8 Å². The van der Waals surface area contributed by atoms with Crippen LogP contribution in [0.15, 0.2) is 30.3 Å². The van der Waals surface area contributed by atoms with Crippen LogP contribution in [-0.2, 0) is 4.74 Å². The number of thiol groups is 1. The Morgan fingerprint density at radius 1 is 1.26 bits per heavy atom. The Hall–Kier alpha value is -0.510. The molecular weight excluding hydrogens is 254 g/mol. The molecule has 1 atom stereocenters. The van der Waals surface area contributed by atoms with Crippen LogP contribution in [0.2, 0.25) is 0 Å². The zero-order valence-corrected chi connectivity index (χ0v) is 12.7. The van der Waals surface area contributed by atoms with E-state index in [1.165, 1.54) is 18.4 Å². The number of piperidine rings is 1. The zero-order chi connectivity index (χ0) is 13.5. The maximum atomic E-state index is 5.71. The fraction of sp³-hybridized carbons (Fsp3) is 0.625. The highest BCUT2D eigenvalue weighted by molar-refractivity contribution is 7.80. The third-order valence-electron chi connectivity index (χ3n) is 3.91. The van der Waals surface area contributed by atoms with Gasteiger partial charge in [-0.3, -0.25) is 0 Å². The molecule has 1 unspecified atom stereocenters. The SMILES string of the molecule is CCOC1CCN(CC(CS)c2ccccc2)CC1. The van der Waals surface area contributed by atoms with Crippen LogP contribution < -0.4 is 0 Å². The van der Waals surface area contributed by atoms with Crippen LogP contribution in [0.1, 0.15) is 31.2 Å². The molecule has 106 valence electrons. The first-order chi connectivity index (χ1) is 9.33. The largest absolute Gasteiger partial charge is 0.378 e. The average Bonchev–Trinajstić information content (AvgIpc) is 2.48. The van der Waals surface area contributed by atoms with E-state index in [4.69, 9.17) is 4.74 Å². The van der Waals surface area contributed by atoms with Gasteiger partial charge in [-0.05, 0) is 31.1 Å². The molecule has 1 aliphatic heterocycles. The molecule has 1 saturated heterocycles. The van der Waals surface area contributed by atoms with Gasteiger partial charge in [-0.1, -0.05) is 30.3 Å². The van der Waals surface area contributed by atoms with Crippen molar-refractivity contribution in [3.05, 3.63) is 35.9 Å². The molecule has 0 radical (unpaired) electrons. The molecule has 0 aromatic heterocycles. The molecule has 0 bridgehead atoms. The molecule has 3 heteroatoms. The highest BCUT2D eigenvalue weighted by Crippen LogP contribution is 2.21. The van der Waals surface area contributed by atoms with Crippen molar-refractivity contribution in [1.29, 1.82) is 0 Å². The van der Waals surface area contributed by atoms with E-state index in [0.717, 1.165) is 32.0 Å². The highest BCUT2D eigenvalue weighted by atomic mass is 32.1. The van der Waals surface area contributed by atoms with Crippen molar-refractivity contribution >= 4 is 12.6 Å². The topological polar surface area (TPSA) is 12.5 Å². The lowest BCUT2D eigenvalue weighted by atomic mass is 9.99. The van der Waals surface area contributed by atoms with Gasteiger partial charge in [-0.15, -0.1) is 0 Å². The molecule has 0 aliphatic carbocycles. The van der Waals surface area contributed by atoms with Gasteiger partial charge in [0.15, 0.2) is 0 Å². The first-order valence-electron chi connectivity index (χ1n) is 7.33. The second-order valence-corrected chi connectivity index (χ2v) is 5.61. The van der Waals surface area contributed by atoms with Gasteiger partial charge in [0.25, 0.3) is 0 Å². The lowest BCUT2D eigenvalue weighted by Crippen LogP contribution is -2.39. The molecule has 2 nitrogen and oxygen atoms in total. The van der Waals surface area contributed by atoms with Gasteiger partial charge in [0.05, 0.1) is 6.10 Å². The number of hydrogen-bond donors (Lipinski definition) is 1. The van der Waals surface area contributed by atoms with Crippen molar-refractivity contribution in [2.75, 3.05) is 32.0 Å². The Morgan fingerprint density at radius 3 is 2.53 bits per heavy atom. The molecule has 0 amide bonds. The molecule has 0 saturated carbocycles. The Morgan fingerprint density at radius 2 is 1.95 bits per heavy atom. The summed E-state index contributed by atoms with van der Waals surface area (Å²) in [5.74, 6) is 1.45. The van der Waals surface area contributed by atoms with Gasteiger partial charge < -0.3 is 9.64 Å². The summed E-state index contributed by atoms with van der Waals surface area (Å²) in [6, 6.07) is 10.7.